The molecule has 466 valence electrons. The minimum absolute atomic E-state index is 0.0901. The van der Waals surface area contributed by atoms with Crippen LogP contribution in [0.3, 0.4) is 0 Å². The minimum atomic E-state index is -1.68. The number of para-hydroxylation sites is 1. The Labute approximate surface area is 496 Å². The molecule has 3 aromatic carbocycles. The first-order valence-corrected chi connectivity index (χ1v) is 28.1. The van der Waals surface area contributed by atoms with E-state index in [2.05, 4.69) is 52.8 Å². The Morgan fingerprint density at radius 2 is 0.965 bits per heavy atom. The summed E-state index contributed by atoms with van der Waals surface area (Å²) in [5, 5.41) is 62.1. The number of H-pyrrole nitrogens is 1. The molecule has 0 saturated carbocycles. The van der Waals surface area contributed by atoms with Crippen LogP contribution in [0.5, 0.6) is 0 Å². The number of benzene rings is 3. The highest BCUT2D eigenvalue weighted by Crippen LogP contribution is 2.20. The van der Waals surface area contributed by atoms with Crippen molar-refractivity contribution in [1.82, 2.24) is 52.8 Å². The van der Waals surface area contributed by atoms with Gasteiger partial charge < -0.3 is 79.0 Å². The molecule has 0 saturated heterocycles. The number of amides is 9. The van der Waals surface area contributed by atoms with Crippen molar-refractivity contribution in [3.63, 3.8) is 0 Å². The van der Waals surface area contributed by atoms with Crippen molar-refractivity contribution >= 4 is 82.0 Å². The van der Waals surface area contributed by atoms with Gasteiger partial charge in [-0.2, -0.15) is 0 Å². The molecule has 27 nitrogen and oxygen atoms in total. The van der Waals surface area contributed by atoms with Crippen LogP contribution in [-0.4, -0.2) is 164 Å². The summed E-state index contributed by atoms with van der Waals surface area (Å²) in [6, 6.07) is 10.8. The van der Waals surface area contributed by atoms with Crippen LogP contribution in [0.25, 0.3) is 10.9 Å². The highest BCUT2D eigenvalue weighted by molar-refractivity contribution is 5.99. The topological polar surface area (TPSA) is 436 Å². The van der Waals surface area contributed by atoms with Crippen molar-refractivity contribution in [2.75, 3.05) is 6.54 Å². The lowest BCUT2D eigenvalue weighted by Gasteiger charge is -2.28. The Kier molecular flexibility index (Phi) is 27.3. The molecule has 0 aliphatic carbocycles. The van der Waals surface area contributed by atoms with Crippen molar-refractivity contribution in [3.05, 3.63) is 108 Å². The number of fused-ring (bicyclic) bond motifs is 1. The summed E-state index contributed by atoms with van der Waals surface area (Å²) in [5.41, 5.74) is 8.36. The number of carbonyl (C=O) groups is 12. The summed E-state index contributed by atoms with van der Waals surface area (Å²) >= 11 is 0. The van der Waals surface area contributed by atoms with Gasteiger partial charge in [0.25, 0.3) is 0 Å². The van der Waals surface area contributed by atoms with Gasteiger partial charge in [0.15, 0.2) is 0 Å². The Hall–Kier alpha value is -9.24. The molecule has 0 radical (unpaired) electrons. The van der Waals surface area contributed by atoms with E-state index >= 15 is 0 Å². The number of hydrogen-bond acceptors (Lipinski definition) is 14. The molecule has 9 amide bonds. The number of carbonyl (C=O) groups excluding carboxylic acids is 9. The van der Waals surface area contributed by atoms with Gasteiger partial charge in [-0.1, -0.05) is 107 Å². The van der Waals surface area contributed by atoms with Crippen LogP contribution in [0, 0.1) is 11.8 Å². The van der Waals surface area contributed by atoms with Crippen LogP contribution in [-0.2, 0) is 76.8 Å². The molecule has 0 fully saturated rings. The predicted molar refractivity (Wildman–Crippen MR) is 312 cm³/mol. The molecule has 4 rings (SSSR count). The van der Waals surface area contributed by atoms with E-state index in [1.807, 2.05) is 0 Å². The fourth-order valence-electron chi connectivity index (χ4n) is 8.95. The number of carboxylic acid groups (broad SMARTS) is 3. The summed E-state index contributed by atoms with van der Waals surface area (Å²) in [5.74, 6) is -13.0. The monoisotopic (exact) mass is 1200 g/mol. The number of aromatic nitrogens is 1. The van der Waals surface area contributed by atoms with Gasteiger partial charge in [0.2, 0.25) is 53.2 Å². The minimum Gasteiger partial charge on any atom is -0.481 e. The zero-order chi connectivity index (χ0) is 63.8. The van der Waals surface area contributed by atoms with Gasteiger partial charge in [-0.3, -0.25) is 52.7 Å². The molecular formula is C59H79N11O16. The molecule has 0 unspecified atom stereocenters. The molecule has 0 spiro atoms. The average Bonchev–Trinajstić information content (AvgIpc) is 2.84. The second kappa shape index (κ2) is 33.9. The van der Waals surface area contributed by atoms with Gasteiger partial charge in [-0.05, 0) is 67.7 Å². The van der Waals surface area contributed by atoms with Crippen LogP contribution in [0.15, 0.2) is 91.1 Å². The molecule has 0 aliphatic rings. The molecular weight excluding hydrogens is 1120 g/mol. The smallest absolute Gasteiger partial charge is 0.326 e. The number of nitrogens with one attached hydrogen (secondary N) is 10. The predicted octanol–water partition coefficient (Wildman–Crippen LogP) is -0.565. The van der Waals surface area contributed by atoms with Crippen LogP contribution in [0.1, 0.15) is 90.3 Å². The van der Waals surface area contributed by atoms with Gasteiger partial charge >= 0.3 is 17.9 Å². The van der Waals surface area contributed by atoms with Crippen molar-refractivity contribution in [2.24, 2.45) is 17.6 Å². The van der Waals surface area contributed by atoms with Gasteiger partial charge in [0.05, 0.1) is 18.7 Å². The largest absolute Gasteiger partial charge is 0.481 e. The highest BCUT2D eigenvalue weighted by Gasteiger charge is 2.36. The first-order valence-electron chi connectivity index (χ1n) is 28.1. The first kappa shape index (κ1) is 69.3. The molecule has 16 N–H and O–H groups in total. The zero-order valence-electron chi connectivity index (χ0n) is 48.7. The maximum absolute atomic E-state index is 14.5. The zero-order valence-corrected chi connectivity index (χ0v) is 48.7. The van der Waals surface area contributed by atoms with E-state index in [1.54, 1.807) is 119 Å². The van der Waals surface area contributed by atoms with Crippen molar-refractivity contribution in [2.45, 2.75) is 153 Å². The molecule has 1 aromatic heterocycles. The first-order chi connectivity index (χ1) is 40.6. The summed E-state index contributed by atoms with van der Waals surface area (Å²) in [6.45, 7) is 8.40. The standard InChI is InChI=1S/C59H79N11O16/c1-31(2)25-45(59(85)86)64-46(72)30-62-57(83)50(34(6)71)70-56(82)43(27-36-17-11-8-12-18-36)68-58(84)49(32(3)4)69-51(77)33(5)63-53(79)41(22-24-48(75)76)65-55(81)44(28-37-29-61-40-20-14-13-19-38(37)40)67-54(80)42(26-35-15-9-7-10-16-35)66-52(78)39(60)21-23-47(73)74/h7-20,29,31-34,39,41-45,49-50,61,71H,21-28,30,60H2,1-6H3,(H,62,83)(H,63,79)(H,64,72)(H,65,81)(H,66,78)(H,67,80)(H,68,84)(H,69,77)(H,70,82)(H,73,74)(H,75,76)(H,85,86)/t33-,34+,39-,41-,42-,43-,44-,45-,49-,50-/m0/s1. The van der Waals surface area contributed by atoms with Crippen LogP contribution in [0.4, 0.5) is 0 Å². The lowest BCUT2D eigenvalue weighted by molar-refractivity contribution is -0.142. The number of carboxylic acids is 3. The number of aromatic amines is 1. The van der Waals surface area contributed by atoms with Gasteiger partial charge in [-0.25, -0.2) is 4.79 Å². The fourth-order valence-corrected chi connectivity index (χ4v) is 8.95. The Balaban J connectivity index is 1.54. The molecule has 0 bridgehead atoms. The summed E-state index contributed by atoms with van der Waals surface area (Å²) in [4.78, 5) is 162. The quantitative estimate of drug-likeness (QED) is 0.0274. The maximum Gasteiger partial charge on any atom is 0.326 e. The maximum atomic E-state index is 14.5. The van der Waals surface area contributed by atoms with Crippen molar-refractivity contribution < 1.29 is 78.0 Å². The fraction of sp³-hybridized carbons (Fsp3) is 0.458. The number of aliphatic hydroxyl groups excluding tert-OH is 1. The van der Waals surface area contributed by atoms with Crippen molar-refractivity contribution in [1.29, 1.82) is 0 Å². The third-order valence-corrected chi connectivity index (χ3v) is 13.7. The molecule has 27 heteroatoms. The SMILES string of the molecule is CC(C)C[C@H](NC(=O)CNC(=O)[C@@H](NC(=O)[C@H](Cc1ccccc1)NC(=O)[C@@H](NC(=O)[C@H](C)NC(=O)[C@H](CCC(=O)O)NC(=O)[C@H](Cc1c[nH]c2ccccc12)NC(=O)[C@H](Cc1ccccc1)NC(=O)[C@@H](N)CCC(=O)O)C(C)C)[C@@H](C)O)C(=O)O. The normalized spacial score (nSPS) is 14.7. The Morgan fingerprint density at radius 1 is 0.488 bits per heavy atom. The van der Waals surface area contributed by atoms with Gasteiger partial charge in [0.1, 0.15) is 48.3 Å². The Bertz CT molecular complexity index is 3010. The van der Waals surface area contributed by atoms with E-state index in [4.69, 9.17) is 5.73 Å². The summed E-state index contributed by atoms with van der Waals surface area (Å²) in [6.07, 6.45) is -2.19. The second-order valence-corrected chi connectivity index (χ2v) is 21.7. The van der Waals surface area contributed by atoms with Crippen molar-refractivity contribution in [3.8, 4) is 0 Å². The third kappa shape index (κ3) is 22.7. The molecule has 86 heavy (non-hydrogen) atoms. The van der Waals surface area contributed by atoms with E-state index < -0.39 is 163 Å². The van der Waals surface area contributed by atoms with Gasteiger partial charge in [0, 0.05) is 49.2 Å². The number of hydrogen-bond donors (Lipinski definition) is 15. The van der Waals surface area contributed by atoms with Crippen LogP contribution in [0.2, 0.25) is 0 Å². The highest BCUT2D eigenvalue weighted by atomic mass is 16.4. The number of nitrogens with two attached hydrogens (primary N) is 1. The average molecular weight is 1200 g/mol. The third-order valence-electron chi connectivity index (χ3n) is 13.7. The number of aliphatic hydroxyl groups is 1. The van der Waals surface area contributed by atoms with Crippen LogP contribution < -0.4 is 53.6 Å². The summed E-state index contributed by atoms with van der Waals surface area (Å²) < 4.78 is 0. The van der Waals surface area contributed by atoms with E-state index in [-0.39, 0.29) is 38.0 Å². The number of aliphatic carboxylic acids is 3. The van der Waals surface area contributed by atoms with Gasteiger partial charge in [-0.15, -0.1) is 0 Å². The lowest BCUT2D eigenvalue weighted by atomic mass is 10.00. The number of rotatable bonds is 35. The molecule has 4 aromatic rings. The molecule has 0 aliphatic heterocycles. The summed E-state index contributed by atoms with van der Waals surface area (Å²) in [7, 11) is 0. The van der Waals surface area contributed by atoms with E-state index in [0.717, 1.165) is 0 Å². The Morgan fingerprint density at radius 3 is 1.50 bits per heavy atom. The van der Waals surface area contributed by atoms with Crippen LogP contribution >= 0.6 is 0 Å². The van der Waals surface area contributed by atoms with E-state index in [9.17, 15) is 78.0 Å². The van der Waals surface area contributed by atoms with E-state index in [0.29, 0.717) is 27.6 Å². The molecule has 1 heterocycles. The van der Waals surface area contributed by atoms with E-state index in [1.165, 1.54) is 13.8 Å². The second-order valence-electron chi connectivity index (χ2n) is 21.7. The lowest BCUT2D eigenvalue weighted by Crippen LogP contribution is -2.61. The molecule has 10 atom stereocenters.